The van der Waals surface area contributed by atoms with Crippen molar-refractivity contribution in [2.24, 2.45) is 0 Å². The Hall–Kier alpha value is -1.52. The van der Waals surface area contributed by atoms with Gasteiger partial charge in [0, 0.05) is 0 Å². The normalized spacial score (nSPS) is 9.33. The third-order valence-electron chi connectivity index (χ3n) is 0.869. The van der Waals surface area contributed by atoms with E-state index in [1.54, 1.807) is 6.07 Å². The van der Waals surface area contributed by atoms with E-state index >= 15 is 0 Å². The van der Waals surface area contributed by atoms with Crippen molar-refractivity contribution in [1.29, 1.82) is 0 Å². The quantitative estimate of drug-likeness (QED) is 0.377. The zero-order chi connectivity index (χ0) is 6.85. The molecule has 1 aromatic heterocycles. The van der Waals surface area contributed by atoms with Gasteiger partial charge >= 0.3 is 5.95 Å². The number of hydrogen-bond acceptors (Lipinski definition) is 3. The van der Waals surface area contributed by atoms with Crippen LogP contribution in [0.5, 0.6) is 0 Å². The van der Waals surface area contributed by atoms with E-state index in [0.29, 0.717) is 17.6 Å². The molecule has 5 nitrogen and oxygen atoms in total. The molecule has 0 saturated heterocycles. The van der Waals surface area contributed by atoms with E-state index in [1.807, 2.05) is 0 Å². The standard InChI is InChI=1S/C4H7N5/c5-2-1-3(6)9-4(7)8-2/h1H,(H6,5,6,7,8,9)/p+2. The minimum Gasteiger partial charge on any atom is -0.366 e. The number of H-pyrrole nitrogens is 2. The Labute approximate surface area is 51.9 Å². The Bertz CT molecular complexity index is 170. The molecule has 0 saturated carbocycles. The van der Waals surface area contributed by atoms with Crippen molar-refractivity contribution < 1.29 is 9.97 Å². The second-order valence-corrected chi connectivity index (χ2v) is 1.72. The number of aromatic nitrogens is 2. The first-order chi connectivity index (χ1) is 4.18. The highest BCUT2D eigenvalue weighted by Crippen LogP contribution is 1.92. The molecule has 0 spiro atoms. The molecule has 1 heterocycles. The average molecular weight is 127 g/mol. The number of hydrogen-bond donors (Lipinski definition) is 3. The van der Waals surface area contributed by atoms with E-state index in [4.69, 9.17) is 17.2 Å². The van der Waals surface area contributed by atoms with Crippen LogP contribution in [0.15, 0.2) is 6.07 Å². The highest BCUT2D eigenvalue weighted by molar-refractivity contribution is 5.33. The molecule has 0 amide bonds. The smallest absolute Gasteiger partial charge is 0.366 e. The number of nitrogens with one attached hydrogen (secondary N) is 2. The molecule has 0 aromatic carbocycles. The molecule has 0 unspecified atom stereocenters. The van der Waals surface area contributed by atoms with Gasteiger partial charge < -0.3 is 5.73 Å². The van der Waals surface area contributed by atoms with Crippen molar-refractivity contribution in [3.8, 4) is 0 Å². The second-order valence-electron chi connectivity index (χ2n) is 1.72. The maximum atomic E-state index is 5.32. The van der Waals surface area contributed by atoms with E-state index in [9.17, 15) is 0 Å². The van der Waals surface area contributed by atoms with Gasteiger partial charge in [0.15, 0.2) is 0 Å². The fraction of sp³-hybridized carbons (Fsp3) is 0. The van der Waals surface area contributed by atoms with Gasteiger partial charge in [-0.2, -0.15) is 9.97 Å². The lowest BCUT2D eigenvalue weighted by molar-refractivity contribution is -0.483. The third-order valence-corrected chi connectivity index (χ3v) is 0.869. The Balaban J connectivity index is 3.17. The van der Waals surface area contributed by atoms with Gasteiger partial charge in [0.05, 0.1) is 6.07 Å². The predicted molar refractivity (Wildman–Crippen MR) is 32.8 cm³/mol. The van der Waals surface area contributed by atoms with Crippen molar-refractivity contribution >= 4 is 17.6 Å². The Morgan fingerprint density at radius 3 is 1.78 bits per heavy atom. The largest absolute Gasteiger partial charge is 0.440 e. The molecular formula is C4H9N5+2. The van der Waals surface area contributed by atoms with Gasteiger partial charge in [-0.25, -0.2) is 0 Å². The molecule has 0 radical (unpaired) electrons. The molecule has 0 fully saturated rings. The summed E-state index contributed by atoms with van der Waals surface area (Å²) in [5.74, 6) is 1.25. The summed E-state index contributed by atoms with van der Waals surface area (Å²) in [7, 11) is 0. The van der Waals surface area contributed by atoms with Crippen molar-refractivity contribution in [2.45, 2.75) is 0 Å². The predicted octanol–water partition coefficient (Wildman–Crippen LogP) is -1.94. The molecule has 5 heteroatoms. The summed E-state index contributed by atoms with van der Waals surface area (Å²) >= 11 is 0. The monoisotopic (exact) mass is 127 g/mol. The third kappa shape index (κ3) is 1.18. The summed E-state index contributed by atoms with van der Waals surface area (Å²) < 4.78 is 0. The van der Waals surface area contributed by atoms with Crippen LogP contribution in [0.3, 0.4) is 0 Å². The van der Waals surface area contributed by atoms with Gasteiger partial charge in [0.1, 0.15) is 0 Å². The second kappa shape index (κ2) is 1.77. The van der Waals surface area contributed by atoms with Crippen LogP contribution in [0.2, 0.25) is 0 Å². The van der Waals surface area contributed by atoms with Crippen LogP contribution in [0.1, 0.15) is 0 Å². The van der Waals surface area contributed by atoms with Crippen molar-refractivity contribution in [3.63, 3.8) is 0 Å². The highest BCUT2D eigenvalue weighted by Gasteiger charge is 2.02. The summed E-state index contributed by atoms with van der Waals surface area (Å²) in [4.78, 5) is 5.26. The van der Waals surface area contributed by atoms with Gasteiger partial charge in [0.25, 0.3) is 5.82 Å². The van der Waals surface area contributed by atoms with E-state index in [0.717, 1.165) is 0 Å². The Morgan fingerprint density at radius 2 is 1.44 bits per heavy atom. The van der Waals surface area contributed by atoms with E-state index in [1.165, 1.54) is 0 Å². The van der Waals surface area contributed by atoms with Crippen molar-refractivity contribution in [3.05, 3.63) is 6.07 Å². The van der Waals surface area contributed by atoms with Gasteiger partial charge in [-0.1, -0.05) is 0 Å². The summed E-state index contributed by atoms with van der Waals surface area (Å²) in [6.07, 6.45) is 0. The molecule has 1 rings (SSSR count). The highest BCUT2D eigenvalue weighted by atomic mass is 15.1. The number of aromatic amines is 2. The molecule has 0 aliphatic heterocycles. The lowest BCUT2D eigenvalue weighted by Crippen LogP contribution is -2.28. The molecule has 0 aliphatic rings. The molecule has 8 N–H and O–H groups in total. The maximum Gasteiger partial charge on any atom is 0.440 e. The maximum absolute atomic E-state index is 5.32. The summed E-state index contributed by atoms with van der Waals surface area (Å²) in [6.45, 7) is 0. The van der Waals surface area contributed by atoms with Gasteiger partial charge in [-0.3, -0.25) is 11.5 Å². The lowest BCUT2D eigenvalue weighted by atomic mass is 10.5. The molecule has 0 bridgehead atoms. The number of anilines is 3. The zero-order valence-corrected chi connectivity index (χ0v) is 4.81. The van der Waals surface area contributed by atoms with Crippen LogP contribution >= 0.6 is 0 Å². The SMILES string of the molecule is Nc1cc(N)[nH+]c(N)[nH+]1. The average Bonchev–Trinajstić information content (AvgIpc) is 1.59. The number of nitrogens with two attached hydrogens (primary N) is 3. The van der Waals surface area contributed by atoms with Crippen LogP contribution < -0.4 is 27.2 Å². The fourth-order valence-corrected chi connectivity index (χ4v) is 0.582. The first kappa shape index (κ1) is 5.61. The molecule has 0 aliphatic carbocycles. The Morgan fingerprint density at radius 1 is 1.00 bits per heavy atom. The molecule has 9 heavy (non-hydrogen) atoms. The van der Waals surface area contributed by atoms with Crippen LogP contribution in [-0.2, 0) is 0 Å². The number of nitrogen functional groups attached to an aromatic ring is 3. The fourth-order valence-electron chi connectivity index (χ4n) is 0.582. The summed E-state index contributed by atoms with van der Waals surface area (Å²) in [5, 5.41) is 0. The van der Waals surface area contributed by atoms with Crippen LogP contribution in [0, 0.1) is 0 Å². The van der Waals surface area contributed by atoms with Gasteiger partial charge in [-0.15, -0.1) is 0 Å². The van der Waals surface area contributed by atoms with E-state index < -0.39 is 0 Å². The molecule has 0 atom stereocenters. The van der Waals surface area contributed by atoms with Crippen LogP contribution in [-0.4, -0.2) is 0 Å². The van der Waals surface area contributed by atoms with Gasteiger partial charge in [-0.05, 0) is 0 Å². The molecular weight excluding hydrogens is 118 g/mol. The molecule has 48 valence electrons. The zero-order valence-electron chi connectivity index (χ0n) is 4.81. The lowest BCUT2D eigenvalue weighted by Gasteiger charge is -1.86. The van der Waals surface area contributed by atoms with Crippen LogP contribution in [0.4, 0.5) is 17.6 Å². The summed E-state index contributed by atoms with van der Waals surface area (Å²) in [5.41, 5.74) is 15.9. The van der Waals surface area contributed by atoms with Crippen LogP contribution in [0.25, 0.3) is 0 Å². The molecule has 1 aromatic rings. The minimum atomic E-state index is 0.354. The first-order valence-corrected chi connectivity index (χ1v) is 2.44. The summed E-state index contributed by atoms with van der Waals surface area (Å²) in [6, 6.07) is 1.55. The van der Waals surface area contributed by atoms with E-state index in [2.05, 4.69) is 9.97 Å². The first-order valence-electron chi connectivity index (χ1n) is 2.44. The van der Waals surface area contributed by atoms with Crippen molar-refractivity contribution in [1.82, 2.24) is 0 Å². The van der Waals surface area contributed by atoms with E-state index in [-0.39, 0.29) is 0 Å². The Kier molecular flexibility index (Phi) is 1.11. The minimum absolute atomic E-state index is 0.354. The van der Waals surface area contributed by atoms with Crippen molar-refractivity contribution in [2.75, 3.05) is 17.2 Å². The topological polar surface area (TPSA) is 106 Å². The number of rotatable bonds is 0. The van der Waals surface area contributed by atoms with Gasteiger partial charge in [0.2, 0.25) is 5.82 Å².